The van der Waals surface area contributed by atoms with Gasteiger partial charge in [-0.3, -0.25) is 4.79 Å². The first-order valence-electron chi connectivity index (χ1n) is 7.53. The van der Waals surface area contributed by atoms with E-state index in [1.165, 1.54) is 58.5 Å². The molecular formula is C16H30O2. The maximum absolute atomic E-state index is 10.9. The molecule has 0 amide bonds. The Labute approximate surface area is 113 Å². The summed E-state index contributed by atoms with van der Waals surface area (Å²) in [6.45, 7) is 2.23. The highest BCUT2D eigenvalue weighted by Crippen LogP contribution is 2.09. The van der Waals surface area contributed by atoms with Crippen LogP contribution in [0.25, 0.3) is 0 Å². The van der Waals surface area contributed by atoms with E-state index in [-0.39, 0.29) is 5.97 Å². The topological polar surface area (TPSA) is 26.3 Å². The van der Waals surface area contributed by atoms with Crippen molar-refractivity contribution in [3.05, 3.63) is 12.2 Å². The summed E-state index contributed by atoms with van der Waals surface area (Å²) in [4.78, 5) is 10.9. The van der Waals surface area contributed by atoms with Crippen LogP contribution in [0.3, 0.4) is 0 Å². The maximum Gasteiger partial charge on any atom is 0.305 e. The predicted molar refractivity (Wildman–Crippen MR) is 77.6 cm³/mol. The maximum atomic E-state index is 10.9. The van der Waals surface area contributed by atoms with Gasteiger partial charge in [0.15, 0.2) is 0 Å². The van der Waals surface area contributed by atoms with Crippen LogP contribution in [0.2, 0.25) is 0 Å². The van der Waals surface area contributed by atoms with Crippen molar-refractivity contribution in [1.29, 1.82) is 0 Å². The Bertz CT molecular complexity index is 209. The standard InChI is InChI=1S/C16H30O2/c1-3-4-5-6-7-8-9-10-11-12-13-14-15-16(17)18-2/h6-7H,3-5,8-15H2,1-2H3/b7-6+. The molecule has 0 aromatic heterocycles. The third-order valence-corrected chi connectivity index (χ3v) is 3.12. The largest absolute Gasteiger partial charge is 0.469 e. The Morgan fingerprint density at radius 2 is 1.44 bits per heavy atom. The van der Waals surface area contributed by atoms with Gasteiger partial charge < -0.3 is 4.74 Å². The van der Waals surface area contributed by atoms with Gasteiger partial charge in [0.2, 0.25) is 0 Å². The van der Waals surface area contributed by atoms with E-state index in [1.54, 1.807) is 0 Å². The number of methoxy groups -OCH3 is 1. The third-order valence-electron chi connectivity index (χ3n) is 3.12. The number of unbranched alkanes of at least 4 members (excludes halogenated alkanes) is 8. The molecule has 0 aliphatic rings. The molecule has 18 heavy (non-hydrogen) atoms. The fraction of sp³-hybridized carbons (Fsp3) is 0.812. The molecule has 2 nitrogen and oxygen atoms in total. The van der Waals surface area contributed by atoms with Gasteiger partial charge in [-0.25, -0.2) is 0 Å². The molecule has 0 aromatic carbocycles. The minimum absolute atomic E-state index is 0.0767. The molecule has 0 bridgehead atoms. The Morgan fingerprint density at radius 1 is 0.889 bits per heavy atom. The van der Waals surface area contributed by atoms with Gasteiger partial charge >= 0.3 is 5.97 Å². The normalized spacial score (nSPS) is 11.0. The fourth-order valence-corrected chi connectivity index (χ4v) is 1.90. The van der Waals surface area contributed by atoms with Crippen LogP contribution in [0.15, 0.2) is 12.2 Å². The van der Waals surface area contributed by atoms with Crippen LogP contribution in [0.4, 0.5) is 0 Å². The zero-order valence-electron chi connectivity index (χ0n) is 12.2. The molecular weight excluding hydrogens is 224 g/mol. The molecule has 0 aliphatic heterocycles. The highest BCUT2D eigenvalue weighted by atomic mass is 16.5. The molecule has 0 aromatic rings. The molecule has 0 radical (unpaired) electrons. The lowest BCUT2D eigenvalue weighted by atomic mass is 10.1. The van der Waals surface area contributed by atoms with Crippen molar-refractivity contribution in [2.75, 3.05) is 7.11 Å². The first kappa shape index (κ1) is 17.2. The molecule has 2 heteroatoms. The number of carbonyl (C=O) groups is 1. The second kappa shape index (κ2) is 14.3. The molecule has 0 spiro atoms. The molecule has 106 valence electrons. The van der Waals surface area contributed by atoms with Crippen LogP contribution in [0.1, 0.15) is 77.6 Å². The minimum atomic E-state index is -0.0767. The van der Waals surface area contributed by atoms with Crippen molar-refractivity contribution in [3.63, 3.8) is 0 Å². The highest BCUT2D eigenvalue weighted by Gasteiger charge is 1.98. The first-order chi connectivity index (χ1) is 8.81. The van der Waals surface area contributed by atoms with Crippen molar-refractivity contribution >= 4 is 5.97 Å². The number of esters is 1. The monoisotopic (exact) mass is 254 g/mol. The number of allylic oxidation sites excluding steroid dienone is 2. The quantitative estimate of drug-likeness (QED) is 0.277. The van der Waals surface area contributed by atoms with Crippen LogP contribution >= 0.6 is 0 Å². The fourth-order valence-electron chi connectivity index (χ4n) is 1.90. The van der Waals surface area contributed by atoms with E-state index in [0.717, 1.165) is 12.8 Å². The molecule has 0 aliphatic carbocycles. The molecule has 0 fully saturated rings. The first-order valence-corrected chi connectivity index (χ1v) is 7.53. The van der Waals surface area contributed by atoms with Gasteiger partial charge in [-0.05, 0) is 25.7 Å². The Balaban J connectivity index is 3.07. The minimum Gasteiger partial charge on any atom is -0.469 e. The Hall–Kier alpha value is -0.790. The zero-order valence-corrected chi connectivity index (χ0v) is 12.2. The van der Waals surface area contributed by atoms with E-state index in [4.69, 9.17) is 0 Å². The number of rotatable bonds is 12. The van der Waals surface area contributed by atoms with Gasteiger partial charge in [0.1, 0.15) is 0 Å². The second-order valence-corrected chi connectivity index (χ2v) is 4.85. The number of ether oxygens (including phenoxy) is 1. The molecule has 0 atom stereocenters. The van der Waals surface area contributed by atoms with Crippen molar-refractivity contribution in [1.82, 2.24) is 0 Å². The second-order valence-electron chi connectivity index (χ2n) is 4.85. The number of hydrogen-bond acceptors (Lipinski definition) is 2. The van der Waals surface area contributed by atoms with Gasteiger partial charge in [-0.2, -0.15) is 0 Å². The van der Waals surface area contributed by atoms with Crippen LogP contribution in [-0.2, 0) is 9.53 Å². The number of hydrogen-bond donors (Lipinski definition) is 0. The van der Waals surface area contributed by atoms with Gasteiger partial charge in [0.25, 0.3) is 0 Å². The van der Waals surface area contributed by atoms with Gasteiger partial charge in [-0.15, -0.1) is 0 Å². The molecule has 0 N–H and O–H groups in total. The summed E-state index contributed by atoms with van der Waals surface area (Å²) in [7, 11) is 1.45. The summed E-state index contributed by atoms with van der Waals surface area (Å²) in [5.41, 5.74) is 0. The number of carbonyl (C=O) groups excluding carboxylic acids is 1. The molecule has 0 heterocycles. The van der Waals surface area contributed by atoms with E-state index in [9.17, 15) is 4.79 Å². The van der Waals surface area contributed by atoms with E-state index < -0.39 is 0 Å². The lowest BCUT2D eigenvalue weighted by Gasteiger charge is -2.00. The highest BCUT2D eigenvalue weighted by molar-refractivity contribution is 5.68. The summed E-state index contributed by atoms with van der Waals surface area (Å²) < 4.78 is 4.60. The van der Waals surface area contributed by atoms with Crippen LogP contribution in [0, 0.1) is 0 Å². The Morgan fingerprint density at radius 3 is 2.06 bits per heavy atom. The van der Waals surface area contributed by atoms with E-state index in [2.05, 4.69) is 23.8 Å². The van der Waals surface area contributed by atoms with Gasteiger partial charge in [-0.1, -0.05) is 57.6 Å². The molecule has 0 rings (SSSR count). The summed E-state index contributed by atoms with van der Waals surface area (Å²) in [5.74, 6) is -0.0767. The third kappa shape index (κ3) is 13.3. The SMILES string of the molecule is CCCC/C=C/CCCCCCCCC(=O)OC. The van der Waals surface area contributed by atoms with Crippen LogP contribution in [0.5, 0.6) is 0 Å². The van der Waals surface area contributed by atoms with Crippen molar-refractivity contribution < 1.29 is 9.53 Å². The van der Waals surface area contributed by atoms with Crippen molar-refractivity contribution in [3.8, 4) is 0 Å². The van der Waals surface area contributed by atoms with E-state index >= 15 is 0 Å². The molecule has 0 unspecified atom stereocenters. The van der Waals surface area contributed by atoms with Crippen molar-refractivity contribution in [2.24, 2.45) is 0 Å². The van der Waals surface area contributed by atoms with Crippen molar-refractivity contribution in [2.45, 2.75) is 77.6 Å². The van der Waals surface area contributed by atoms with Crippen LogP contribution < -0.4 is 0 Å². The lowest BCUT2D eigenvalue weighted by molar-refractivity contribution is -0.140. The molecule has 0 saturated carbocycles. The van der Waals surface area contributed by atoms with E-state index in [1.807, 2.05) is 0 Å². The predicted octanol–water partition coefficient (Wildman–Crippen LogP) is 5.03. The summed E-state index contributed by atoms with van der Waals surface area (Å²) >= 11 is 0. The van der Waals surface area contributed by atoms with Crippen LogP contribution in [-0.4, -0.2) is 13.1 Å². The summed E-state index contributed by atoms with van der Waals surface area (Å²) in [6.07, 6.45) is 17.6. The summed E-state index contributed by atoms with van der Waals surface area (Å²) in [5, 5.41) is 0. The zero-order chi connectivity index (χ0) is 13.5. The van der Waals surface area contributed by atoms with E-state index in [0.29, 0.717) is 6.42 Å². The average Bonchev–Trinajstić information content (AvgIpc) is 2.39. The molecule has 0 saturated heterocycles. The smallest absolute Gasteiger partial charge is 0.305 e. The average molecular weight is 254 g/mol. The summed E-state index contributed by atoms with van der Waals surface area (Å²) in [6, 6.07) is 0. The van der Waals surface area contributed by atoms with Gasteiger partial charge in [0, 0.05) is 6.42 Å². The lowest BCUT2D eigenvalue weighted by Crippen LogP contribution is -1.99. The Kier molecular flexibility index (Phi) is 13.6. The van der Waals surface area contributed by atoms with Gasteiger partial charge in [0.05, 0.1) is 7.11 Å².